The van der Waals surface area contributed by atoms with Crippen LogP contribution in [0.25, 0.3) is 49.3 Å². The summed E-state index contributed by atoms with van der Waals surface area (Å²) in [4.78, 5) is 9.14. The highest BCUT2D eigenvalue weighted by Gasteiger charge is 2.33. The number of pyridine rings is 1. The Labute approximate surface area is 304 Å². The van der Waals surface area contributed by atoms with Crippen molar-refractivity contribution in [2.75, 3.05) is 4.90 Å². The van der Waals surface area contributed by atoms with Crippen LogP contribution in [0.15, 0.2) is 149 Å². The lowest BCUT2D eigenvalue weighted by molar-refractivity contribution is 0.990. The van der Waals surface area contributed by atoms with Gasteiger partial charge in [-0.05, 0) is 78.4 Å². The van der Waals surface area contributed by atoms with Crippen LogP contribution in [0.3, 0.4) is 0 Å². The van der Waals surface area contributed by atoms with Crippen LogP contribution in [-0.2, 0) is 13.5 Å². The average Bonchev–Trinajstić information content (AvgIpc) is 3.70. The van der Waals surface area contributed by atoms with Crippen LogP contribution in [0.5, 0.6) is 0 Å². The second kappa shape index (κ2) is 11.6. The molecule has 244 valence electrons. The molecule has 0 aliphatic carbocycles. The molecule has 3 aromatic heterocycles. The summed E-state index contributed by atoms with van der Waals surface area (Å²) in [5, 5.41) is 24.0. The first kappa shape index (κ1) is 30.1. The van der Waals surface area contributed by atoms with E-state index in [0.717, 1.165) is 50.1 Å². The average molecular weight is 685 g/mol. The molecule has 0 spiro atoms. The van der Waals surface area contributed by atoms with E-state index in [2.05, 4.69) is 142 Å². The van der Waals surface area contributed by atoms with Crippen molar-refractivity contribution in [3.05, 3.63) is 162 Å². The molecule has 52 heavy (non-hydrogen) atoms. The Balaban J connectivity index is 1.30. The Bertz CT molecular complexity index is 3000. The van der Waals surface area contributed by atoms with Crippen molar-refractivity contribution in [2.45, 2.75) is 16.2 Å². The molecule has 0 fully saturated rings. The highest BCUT2D eigenvalue weighted by Crippen LogP contribution is 2.54. The van der Waals surface area contributed by atoms with Crippen molar-refractivity contribution < 1.29 is 0 Å². The van der Waals surface area contributed by atoms with Crippen LogP contribution >= 0.6 is 11.8 Å². The lowest BCUT2D eigenvalue weighted by Gasteiger charge is -2.34. The summed E-state index contributed by atoms with van der Waals surface area (Å²) in [5.41, 5.74) is 11.6. The molecule has 0 saturated heterocycles. The number of fused-ring (bicyclic) bond motifs is 11. The molecule has 0 amide bonds. The van der Waals surface area contributed by atoms with Gasteiger partial charge in [0.05, 0.1) is 45.1 Å². The standard InChI is InChI=1S/C45H28N6S/c1-49-37-14-6-3-11-33(37)41-43(49)35-25-29-10-2-5-13-36(29)51(40-16-8-9-23-48-40)44(35)42-34-12-4-7-15-38(34)50(45(41)42)31-18-20-32(21-19-31)52-39-22-17-28(26-46)24-30(39)27-47/h2-24H,25H2,1H3. The summed E-state index contributed by atoms with van der Waals surface area (Å²) in [6.45, 7) is 0. The monoisotopic (exact) mass is 684 g/mol. The Morgan fingerprint density at radius 1 is 0.692 bits per heavy atom. The summed E-state index contributed by atoms with van der Waals surface area (Å²) >= 11 is 1.53. The molecule has 0 N–H and O–H groups in total. The van der Waals surface area contributed by atoms with E-state index in [1.807, 2.05) is 18.3 Å². The van der Waals surface area contributed by atoms with Crippen molar-refractivity contribution in [1.82, 2.24) is 14.1 Å². The van der Waals surface area contributed by atoms with E-state index in [1.54, 1.807) is 12.1 Å². The van der Waals surface area contributed by atoms with E-state index < -0.39 is 0 Å². The molecule has 10 rings (SSSR count). The van der Waals surface area contributed by atoms with Gasteiger partial charge in [0.25, 0.3) is 0 Å². The van der Waals surface area contributed by atoms with Crippen LogP contribution in [0, 0.1) is 22.7 Å². The molecule has 1 aliphatic heterocycles. The molecule has 1 aliphatic rings. The largest absolute Gasteiger partial charge is 0.343 e. The number of rotatable bonds is 4. The first-order chi connectivity index (χ1) is 25.6. The first-order valence-corrected chi connectivity index (χ1v) is 17.9. The van der Waals surface area contributed by atoms with Crippen LogP contribution in [0.2, 0.25) is 0 Å². The van der Waals surface area contributed by atoms with Crippen LogP contribution in [-0.4, -0.2) is 14.1 Å². The van der Waals surface area contributed by atoms with Crippen molar-refractivity contribution in [3.8, 4) is 17.8 Å². The zero-order valence-corrected chi connectivity index (χ0v) is 28.9. The fourth-order valence-corrected chi connectivity index (χ4v) is 9.00. The molecule has 0 atom stereocenters. The Hall–Kier alpha value is -6.80. The van der Waals surface area contributed by atoms with E-state index in [0.29, 0.717) is 11.1 Å². The molecule has 0 radical (unpaired) electrons. The number of hydrogen-bond donors (Lipinski definition) is 0. The molecule has 0 saturated carbocycles. The smallest absolute Gasteiger partial charge is 0.137 e. The van der Waals surface area contributed by atoms with Gasteiger partial charge in [-0.2, -0.15) is 10.5 Å². The molecule has 0 unspecified atom stereocenters. The maximum atomic E-state index is 9.80. The molecule has 0 bridgehead atoms. The Morgan fingerprint density at radius 3 is 2.19 bits per heavy atom. The third kappa shape index (κ3) is 4.34. The summed E-state index contributed by atoms with van der Waals surface area (Å²) in [7, 11) is 2.19. The van der Waals surface area contributed by atoms with Crippen LogP contribution < -0.4 is 4.90 Å². The van der Waals surface area contributed by atoms with Gasteiger partial charge in [0.2, 0.25) is 0 Å². The molecular weight excluding hydrogens is 657 g/mol. The van der Waals surface area contributed by atoms with Gasteiger partial charge in [0.1, 0.15) is 11.9 Å². The number of para-hydroxylation sites is 3. The minimum absolute atomic E-state index is 0.481. The van der Waals surface area contributed by atoms with Gasteiger partial charge in [-0.3, -0.25) is 4.90 Å². The molecule has 7 heteroatoms. The number of nitrogens with zero attached hydrogens (tertiary/aromatic N) is 6. The molecular formula is C45H28N6S. The number of anilines is 3. The summed E-state index contributed by atoms with van der Waals surface area (Å²) < 4.78 is 4.80. The number of benzene rings is 6. The first-order valence-electron chi connectivity index (χ1n) is 17.1. The lowest BCUT2D eigenvalue weighted by atomic mass is 9.90. The molecule has 6 aromatic carbocycles. The van der Waals surface area contributed by atoms with Crippen molar-refractivity contribution >= 4 is 72.6 Å². The minimum atomic E-state index is 0.481. The number of hydrogen-bond acceptors (Lipinski definition) is 5. The topological polar surface area (TPSA) is 73.6 Å². The van der Waals surface area contributed by atoms with Gasteiger partial charge < -0.3 is 9.13 Å². The third-order valence-electron chi connectivity index (χ3n) is 10.3. The SMILES string of the molecule is Cn1c2ccccc2c2c1c1c(c3c4ccccc4n(-c4ccc(Sc5ccc(C#N)cc5C#N)cc4)c32)N(c2ccccn2)c2ccccc2C1. The van der Waals surface area contributed by atoms with E-state index >= 15 is 0 Å². The lowest BCUT2D eigenvalue weighted by Crippen LogP contribution is -2.20. The number of nitriles is 2. The predicted octanol–water partition coefficient (Wildman–Crippen LogP) is 11.1. The van der Waals surface area contributed by atoms with Gasteiger partial charge in [0, 0.05) is 67.8 Å². The summed E-state index contributed by atoms with van der Waals surface area (Å²) in [5.74, 6) is 0.882. The van der Waals surface area contributed by atoms with Gasteiger partial charge in [0.15, 0.2) is 0 Å². The maximum Gasteiger partial charge on any atom is 0.137 e. The van der Waals surface area contributed by atoms with Crippen molar-refractivity contribution in [1.29, 1.82) is 10.5 Å². The molecule has 4 heterocycles. The van der Waals surface area contributed by atoms with Gasteiger partial charge in [-0.1, -0.05) is 72.4 Å². The van der Waals surface area contributed by atoms with Gasteiger partial charge >= 0.3 is 0 Å². The van der Waals surface area contributed by atoms with E-state index in [-0.39, 0.29) is 0 Å². The fourth-order valence-electron chi connectivity index (χ4n) is 8.13. The van der Waals surface area contributed by atoms with Crippen molar-refractivity contribution in [3.63, 3.8) is 0 Å². The Kier molecular flexibility index (Phi) is 6.73. The third-order valence-corrected chi connectivity index (χ3v) is 11.4. The quantitative estimate of drug-likeness (QED) is 0.184. The van der Waals surface area contributed by atoms with Crippen molar-refractivity contribution in [2.24, 2.45) is 7.05 Å². The van der Waals surface area contributed by atoms with E-state index in [1.165, 1.54) is 55.5 Å². The second-order valence-electron chi connectivity index (χ2n) is 13.1. The highest BCUT2D eigenvalue weighted by molar-refractivity contribution is 7.99. The second-order valence-corrected chi connectivity index (χ2v) is 14.2. The molecule has 6 nitrogen and oxygen atoms in total. The van der Waals surface area contributed by atoms with Crippen LogP contribution in [0.1, 0.15) is 22.3 Å². The summed E-state index contributed by atoms with van der Waals surface area (Å²) in [6, 6.07) is 50.6. The maximum absolute atomic E-state index is 9.80. The predicted molar refractivity (Wildman–Crippen MR) is 210 cm³/mol. The Morgan fingerprint density at radius 2 is 1.42 bits per heavy atom. The summed E-state index contributed by atoms with van der Waals surface area (Å²) in [6.07, 6.45) is 2.68. The zero-order valence-electron chi connectivity index (χ0n) is 28.1. The van der Waals surface area contributed by atoms with E-state index in [9.17, 15) is 10.5 Å². The minimum Gasteiger partial charge on any atom is -0.343 e. The fraction of sp³-hybridized carbons (Fsp3) is 0.0444. The van der Waals surface area contributed by atoms with Gasteiger partial charge in [-0.25, -0.2) is 4.98 Å². The number of aryl methyl sites for hydroxylation is 1. The van der Waals surface area contributed by atoms with Crippen LogP contribution in [0.4, 0.5) is 17.2 Å². The highest BCUT2D eigenvalue weighted by atomic mass is 32.2. The zero-order chi connectivity index (χ0) is 34.9. The van der Waals surface area contributed by atoms with E-state index in [4.69, 9.17) is 4.98 Å². The molecule has 9 aromatic rings. The number of aromatic nitrogens is 3. The van der Waals surface area contributed by atoms with Gasteiger partial charge in [-0.15, -0.1) is 0 Å². The normalized spacial score (nSPS) is 12.2.